The fourth-order valence-electron chi connectivity index (χ4n) is 5.27. The summed E-state index contributed by atoms with van der Waals surface area (Å²) in [5.74, 6) is -0.215. The smallest absolute Gasteiger partial charge is 0.277 e. The summed E-state index contributed by atoms with van der Waals surface area (Å²) in [6.45, 7) is 5.47. The number of anilines is 3. The molecule has 1 saturated heterocycles. The first-order valence-electron chi connectivity index (χ1n) is 13.9. The first-order valence-corrected chi connectivity index (χ1v) is 13.9. The number of hydrogen-bond acceptors (Lipinski definition) is 7. The van der Waals surface area contributed by atoms with Crippen LogP contribution in [0.1, 0.15) is 63.9 Å². The fraction of sp³-hybridized carbons (Fsp3) is 0.400. The van der Waals surface area contributed by atoms with Crippen molar-refractivity contribution in [2.75, 3.05) is 47.8 Å². The van der Waals surface area contributed by atoms with Crippen LogP contribution in [0.5, 0.6) is 0 Å². The number of carbonyl (C=O) groups is 3. The molecule has 3 amide bonds. The molecule has 0 spiro atoms. The molecule has 1 aliphatic heterocycles. The maximum atomic E-state index is 13.2. The third-order valence-corrected chi connectivity index (χ3v) is 8.23. The molecule has 0 atom stereocenters. The zero-order valence-electron chi connectivity index (χ0n) is 22.6. The van der Waals surface area contributed by atoms with Gasteiger partial charge in [-0.15, -0.1) is 0 Å². The number of benzene rings is 2. The van der Waals surface area contributed by atoms with Gasteiger partial charge in [0, 0.05) is 49.9 Å². The standard InChI is InChI=1S/C30H34N6O4/c1-19-4-2-3-5-24(19)35-12-14-36(15-13-35)25-9-8-21(26(37)32-18-30(10-11-30)29(31)39)16-22(25)33-27(38)23-17-40-28(34-23)20-6-7-20/h2-5,8-9,16-17,20H,6-7,10-15,18H2,1H3,(H2,31,39)(H,32,37)(H,33,38). The van der Waals surface area contributed by atoms with Gasteiger partial charge in [0.05, 0.1) is 16.8 Å². The SMILES string of the molecule is Cc1ccccc1N1CCN(c2ccc(C(=O)NCC3(C(N)=O)CC3)cc2NC(=O)c2coc(C3CC3)n2)CC1. The van der Waals surface area contributed by atoms with Crippen LogP contribution in [0, 0.1) is 12.3 Å². The molecule has 2 saturated carbocycles. The number of nitrogens with one attached hydrogen (secondary N) is 2. The van der Waals surface area contributed by atoms with Gasteiger partial charge in [-0.1, -0.05) is 18.2 Å². The largest absolute Gasteiger partial charge is 0.448 e. The summed E-state index contributed by atoms with van der Waals surface area (Å²) in [7, 11) is 0. The van der Waals surface area contributed by atoms with Gasteiger partial charge in [-0.05, 0) is 62.4 Å². The number of amides is 3. The molecule has 3 aliphatic rings. The Balaban J connectivity index is 1.21. The van der Waals surface area contributed by atoms with Crippen molar-refractivity contribution < 1.29 is 18.8 Å². The number of hydrogen-bond donors (Lipinski definition) is 3. The number of nitrogens with two attached hydrogens (primary N) is 1. The molecule has 3 aromatic rings. The van der Waals surface area contributed by atoms with Crippen LogP contribution in [0.4, 0.5) is 17.1 Å². The van der Waals surface area contributed by atoms with Crippen molar-refractivity contribution in [3.8, 4) is 0 Å². The minimum atomic E-state index is -0.643. The highest BCUT2D eigenvalue weighted by Crippen LogP contribution is 2.44. The predicted octanol–water partition coefficient (Wildman–Crippen LogP) is 3.43. The monoisotopic (exact) mass is 542 g/mol. The van der Waals surface area contributed by atoms with Crippen LogP contribution in [0.3, 0.4) is 0 Å². The molecule has 2 aromatic carbocycles. The van der Waals surface area contributed by atoms with Crippen molar-refractivity contribution >= 4 is 34.8 Å². The molecular formula is C30H34N6O4. The highest BCUT2D eigenvalue weighted by molar-refractivity contribution is 6.06. The second-order valence-electron chi connectivity index (χ2n) is 11.1. The topological polar surface area (TPSA) is 134 Å². The summed E-state index contributed by atoms with van der Waals surface area (Å²) in [6.07, 6.45) is 4.79. The molecule has 0 unspecified atom stereocenters. The zero-order chi connectivity index (χ0) is 27.9. The lowest BCUT2D eigenvalue weighted by Gasteiger charge is -2.38. The van der Waals surface area contributed by atoms with E-state index >= 15 is 0 Å². The van der Waals surface area contributed by atoms with Crippen molar-refractivity contribution in [2.45, 2.75) is 38.5 Å². The van der Waals surface area contributed by atoms with Crippen molar-refractivity contribution in [1.82, 2.24) is 10.3 Å². The Labute approximate surface area is 232 Å². The van der Waals surface area contributed by atoms with E-state index in [1.165, 1.54) is 17.5 Å². The molecule has 0 bridgehead atoms. The van der Waals surface area contributed by atoms with Gasteiger partial charge in [-0.25, -0.2) is 4.98 Å². The number of piperazine rings is 1. The molecule has 10 heteroatoms. The summed E-state index contributed by atoms with van der Waals surface area (Å²) < 4.78 is 5.52. The molecule has 4 N–H and O–H groups in total. The van der Waals surface area contributed by atoms with Crippen LogP contribution in [0.25, 0.3) is 0 Å². The van der Waals surface area contributed by atoms with Gasteiger partial charge < -0.3 is 30.6 Å². The number of oxazole rings is 1. The fourth-order valence-corrected chi connectivity index (χ4v) is 5.27. The van der Waals surface area contributed by atoms with Gasteiger partial charge >= 0.3 is 0 Å². The van der Waals surface area contributed by atoms with Crippen molar-refractivity contribution in [1.29, 1.82) is 0 Å². The third kappa shape index (κ3) is 5.25. The van der Waals surface area contributed by atoms with Crippen LogP contribution in [-0.4, -0.2) is 55.4 Å². The summed E-state index contributed by atoms with van der Waals surface area (Å²) in [4.78, 5) is 46.9. The lowest BCUT2D eigenvalue weighted by Crippen LogP contribution is -2.47. The molecule has 3 fully saturated rings. The molecule has 208 valence electrons. The normalized spacial score (nSPS) is 17.8. The molecule has 0 radical (unpaired) electrons. The number of primary amides is 1. The number of aromatic nitrogens is 1. The molecular weight excluding hydrogens is 508 g/mol. The van der Waals surface area contributed by atoms with Crippen molar-refractivity contribution in [3.63, 3.8) is 0 Å². The molecule has 40 heavy (non-hydrogen) atoms. The van der Waals surface area contributed by atoms with E-state index in [-0.39, 0.29) is 24.1 Å². The average Bonchev–Trinajstić information content (AvgIpc) is 3.90. The lowest BCUT2D eigenvalue weighted by atomic mass is 10.1. The number of rotatable bonds is 9. The van der Waals surface area contributed by atoms with E-state index < -0.39 is 11.3 Å². The number of carbonyl (C=O) groups excluding carboxylic acids is 3. The van der Waals surface area contributed by atoms with Gasteiger partial charge in [0.15, 0.2) is 11.6 Å². The zero-order valence-corrected chi connectivity index (χ0v) is 22.6. The highest BCUT2D eigenvalue weighted by Gasteiger charge is 2.48. The van der Waals surface area contributed by atoms with Crippen LogP contribution >= 0.6 is 0 Å². The Kier molecular flexibility index (Phi) is 6.69. The molecule has 2 heterocycles. The maximum Gasteiger partial charge on any atom is 0.277 e. The van der Waals surface area contributed by atoms with E-state index in [0.29, 0.717) is 35.9 Å². The van der Waals surface area contributed by atoms with Gasteiger partial charge in [0.1, 0.15) is 6.26 Å². The second kappa shape index (κ2) is 10.3. The van der Waals surface area contributed by atoms with Crippen molar-refractivity contribution in [2.24, 2.45) is 11.1 Å². The van der Waals surface area contributed by atoms with E-state index in [0.717, 1.165) is 44.7 Å². The number of aryl methyl sites for hydroxylation is 1. The molecule has 1 aromatic heterocycles. The quantitative estimate of drug-likeness (QED) is 0.377. The second-order valence-corrected chi connectivity index (χ2v) is 11.1. The van der Waals surface area contributed by atoms with Crippen LogP contribution in [-0.2, 0) is 4.79 Å². The van der Waals surface area contributed by atoms with Crippen LogP contribution in [0.15, 0.2) is 53.1 Å². The van der Waals surface area contributed by atoms with E-state index in [1.807, 2.05) is 12.1 Å². The number of para-hydroxylation sites is 1. The highest BCUT2D eigenvalue weighted by atomic mass is 16.3. The van der Waals surface area contributed by atoms with E-state index in [9.17, 15) is 14.4 Å². The average molecular weight is 543 g/mol. The molecule has 2 aliphatic carbocycles. The van der Waals surface area contributed by atoms with Crippen molar-refractivity contribution in [3.05, 3.63) is 71.4 Å². The third-order valence-electron chi connectivity index (χ3n) is 8.23. The Morgan fingerprint density at radius 1 is 1.00 bits per heavy atom. The Morgan fingerprint density at radius 3 is 2.35 bits per heavy atom. The van der Waals surface area contributed by atoms with Gasteiger partial charge in [0.25, 0.3) is 11.8 Å². The maximum absolute atomic E-state index is 13.2. The lowest BCUT2D eigenvalue weighted by molar-refractivity contribution is -0.122. The Bertz CT molecular complexity index is 1450. The van der Waals surface area contributed by atoms with Crippen LogP contribution in [0.2, 0.25) is 0 Å². The first kappa shape index (κ1) is 25.9. The summed E-state index contributed by atoms with van der Waals surface area (Å²) in [6, 6.07) is 13.7. The Hall–Kier alpha value is -4.34. The Morgan fingerprint density at radius 2 is 1.70 bits per heavy atom. The minimum Gasteiger partial charge on any atom is -0.448 e. The van der Waals surface area contributed by atoms with Gasteiger partial charge in [-0.3, -0.25) is 14.4 Å². The predicted molar refractivity (Wildman–Crippen MR) is 152 cm³/mol. The minimum absolute atomic E-state index is 0.203. The van der Waals surface area contributed by atoms with Gasteiger partial charge in [0.2, 0.25) is 5.91 Å². The van der Waals surface area contributed by atoms with E-state index in [2.05, 4.69) is 50.5 Å². The van der Waals surface area contributed by atoms with E-state index in [4.69, 9.17) is 10.2 Å². The summed E-state index contributed by atoms with van der Waals surface area (Å²) in [5.41, 5.74) is 9.28. The van der Waals surface area contributed by atoms with E-state index in [1.54, 1.807) is 12.1 Å². The summed E-state index contributed by atoms with van der Waals surface area (Å²) >= 11 is 0. The first-order chi connectivity index (χ1) is 19.3. The summed E-state index contributed by atoms with van der Waals surface area (Å²) in [5, 5.41) is 5.82. The number of nitrogens with zero attached hydrogens (tertiary/aromatic N) is 3. The molecule has 10 nitrogen and oxygen atoms in total. The van der Waals surface area contributed by atoms with Gasteiger partial charge in [-0.2, -0.15) is 0 Å². The van der Waals surface area contributed by atoms with Crippen LogP contribution < -0.4 is 26.2 Å². The molecule has 6 rings (SSSR count).